The van der Waals surface area contributed by atoms with Gasteiger partial charge in [-0.25, -0.2) is 17.8 Å². The Kier molecular flexibility index (Phi) is 5.67. The van der Waals surface area contributed by atoms with E-state index in [1.807, 2.05) is 0 Å². The van der Waals surface area contributed by atoms with Crippen molar-refractivity contribution in [2.45, 2.75) is 42.7 Å². The van der Waals surface area contributed by atoms with Crippen LogP contribution in [-0.4, -0.2) is 55.2 Å². The van der Waals surface area contributed by atoms with Gasteiger partial charge in [0.2, 0.25) is 11.9 Å². The summed E-state index contributed by atoms with van der Waals surface area (Å²) in [5.74, 6) is -0.861. The fraction of sp³-hybridized carbons (Fsp3) is 0.476. The Morgan fingerprint density at radius 2 is 2.18 bits per heavy atom. The SMILES string of the molecule is NC(=O)CN(c1nc(Nc2ccc3c(c2)S(=O)(=O)CC3)ncc1F)C1CCCC2NNCC21. The monoisotopic (exact) mass is 475 g/mol. The molecule has 2 aromatic rings. The number of aromatic nitrogens is 2. The smallest absolute Gasteiger partial charge is 0.237 e. The summed E-state index contributed by atoms with van der Waals surface area (Å²) >= 11 is 0. The number of hydrazine groups is 1. The second-order valence-electron chi connectivity index (χ2n) is 8.77. The topological polar surface area (TPSA) is 142 Å². The number of carbonyl (C=O) groups is 1. The lowest BCUT2D eigenvalue weighted by Gasteiger charge is -2.40. The lowest BCUT2D eigenvalue weighted by Crippen LogP contribution is -2.51. The first-order chi connectivity index (χ1) is 15.8. The van der Waals surface area contributed by atoms with Crippen molar-refractivity contribution in [3.05, 3.63) is 35.8 Å². The minimum Gasteiger partial charge on any atom is -0.368 e. The van der Waals surface area contributed by atoms with Crippen LogP contribution in [0.3, 0.4) is 0 Å². The molecule has 0 radical (unpaired) electrons. The summed E-state index contributed by atoms with van der Waals surface area (Å²) in [6, 6.07) is 5.16. The van der Waals surface area contributed by atoms with Crippen molar-refractivity contribution in [3.63, 3.8) is 0 Å². The summed E-state index contributed by atoms with van der Waals surface area (Å²) in [5, 5.41) is 2.98. The molecule has 3 atom stereocenters. The van der Waals surface area contributed by atoms with Gasteiger partial charge in [0, 0.05) is 30.2 Å². The molecule has 5 N–H and O–H groups in total. The molecule has 3 heterocycles. The van der Waals surface area contributed by atoms with E-state index in [2.05, 4.69) is 26.1 Å². The number of sulfone groups is 1. The van der Waals surface area contributed by atoms with Gasteiger partial charge in [-0.15, -0.1) is 0 Å². The number of nitrogens with one attached hydrogen (secondary N) is 3. The maximum Gasteiger partial charge on any atom is 0.237 e. The third kappa shape index (κ3) is 4.25. The third-order valence-corrected chi connectivity index (χ3v) is 8.47. The Morgan fingerprint density at radius 3 is 3.00 bits per heavy atom. The highest BCUT2D eigenvalue weighted by atomic mass is 32.2. The molecule has 2 fully saturated rings. The van der Waals surface area contributed by atoms with Crippen molar-refractivity contribution in [1.29, 1.82) is 0 Å². The second kappa shape index (κ2) is 8.50. The quantitative estimate of drug-likeness (QED) is 0.473. The Labute approximate surface area is 191 Å². The van der Waals surface area contributed by atoms with E-state index in [1.54, 1.807) is 23.1 Å². The molecule has 1 amide bonds. The lowest BCUT2D eigenvalue weighted by atomic mass is 9.80. The molecule has 12 heteroatoms. The molecule has 0 bridgehead atoms. The van der Waals surface area contributed by atoms with E-state index in [0.717, 1.165) is 31.0 Å². The number of rotatable bonds is 6. The van der Waals surface area contributed by atoms with Gasteiger partial charge in [0.25, 0.3) is 0 Å². The van der Waals surface area contributed by atoms with Crippen molar-refractivity contribution < 1.29 is 17.6 Å². The van der Waals surface area contributed by atoms with Crippen LogP contribution in [0.2, 0.25) is 0 Å². The van der Waals surface area contributed by atoms with E-state index < -0.39 is 21.6 Å². The number of benzene rings is 1. The number of aryl methyl sites for hydroxylation is 1. The average molecular weight is 476 g/mol. The molecule has 1 aromatic carbocycles. The van der Waals surface area contributed by atoms with Gasteiger partial charge in [0.1, 0.15) is 0 Å². The molecule has 3 aliphatic rings. The van der Waals surface area contributed by atoms with Crippen LogP contribution < -0.4 is 26.8 Å². The van der Waals surface area contributed by atoms with Gasteiger partial charge in [-0.05, 0) is 43.4 Å². The number of nitrogens with two attached hydrogens (primary N) is 1. The predicted molar refractivity (Wildman–Crippen MR) is 120 cm³/mol. The van der Waals surface area contributed by atoms with Gasteiger partial charge >= 0.3 is 0 Å². The van der Waals surface area contributed by atoms with E-state index in [-0.39, 0.29) is 42.1 Å². The third-order valence-electron chi connectivity index (χ3n) is 6.67. The molecule has 0 spiro atoms. The van der Waals surface area contributed by atoms with E-state index in [1.165, 1.54) is 0 Å². The summed E-state index contributed by atoms with van der Waals surface area (Å²) in [7, 11) is -3.30. The zero-order chi connectivity index (χ0) is 23.2. The van der Waals surface area contributed by atoms with Crippen LogP contribution in [-0.2, 0) is 21.1 Å². The summed E-state index contributed by atoms with van der Waals surface area (Å²) in [5.41, 5.74) is 13.2. The van der Waals surface area contributed by atoms with Crippen LogP contribution >= 0.6 is 0 Å². The van der Waals surface area contributed by atoms with Gasteiger partial charge in [0.15, 0.2) is 21.5 Å². The van der Waals surface area contributed by atoms with Crippen molar-refractivity contribution in [2.24, 2.45) is 11.7 Å². The fourth-order valence-corrected chi connectivity index (χ4v) is 6.73. The zero-order valence-electron chi connectivity index (χ0n) is 17.9. The standard InChI is InChI=1S/C21H26FN7O3S/c22-15-10-24-21(26-13-5-4-12-6-7-33(31,32)18(12)8-13)27-20(15)29(11-19(23)30)17-3-1-2-16-14(17)9-25-28-16/h4-5,8,10,14,16-17,25,28H,1-3,6-7,9,11H2,(H2,23,30)(H,24,26,27). The van der Waals surface area contributed by atoms with Crippen LogP contribution in [0.1, 0.15) is 24.8 Å². The van der Waals surface area contributed by atoms with Crippen molar-refractivity contribution in [2.75, 3.05) is 29.1 Å². The first-order valence-electron chi connectivity index (χ1n) is 11.0. The molecule has 5 rings (SSSR count). The maximum atomic E-state index is 14.9. The van der Waals surface area contributed by atoms with Crippen molar-refractivity contribution in [1.82, 2.24) is 20.8 Å². The molecule has 1 aromatic heterocycles. The largest absolute Gasteiger partial charge is 0.368 e. The Balaban J connectivity index is 1.46. The summed E-state index contributed by atoms with van der Waals surface area (Å²) in [6.45, 7) is 0.532. The molecular formula is C21H26FN7O3S. The normalized spacial score (nSPS) is 25.3. The van der Waals surface area contributed by atoms with Crippen LogP contribution in [0.4, 0.5) is 21.8 Å². The Morgan fingerprint density at radius 1 is 1.33 bits per heavy atom. The summed E-state index contributed by atoms with van der Waals surface area (Å²) in [4.78, 5) is 22.2. The number of hydrogen-bond donors (Lipinski definition) is 4. The molecule has 1 aliphatic carbocycles. The number of amides is 1. The number of anilines is 3. The van der Waals surface area contributed by atoms with Crippen LogP contribution in [0, 0.1) is 11.7 Å². The minimum absolute atomic E-state index is 0.00219. The highest BCUT2D eigenvalue weighted by Gasteiger charge is 2.41. The van der Waals surface area contributed by atoms with Crippen LogP contribution in [0.5, 0.6) is 0 Å². The van der Waals surface area contributed by atoms with E-state index in [0.29, 0.717) is 23.5 Å². The number of halogens is 1. The van der Waals surface area contributed by atoms with Gasteiger partial charge < -0.3 is 16.0 Å². The Hall–Kier alpha value is -2.83. The summed E-state index contributed by atoms with van der Waals surface area (Å²) < 4.78 is 39.4. The number of fused-ring (bicyclic) bond motifs is 2. The number of nitrogens with zero attached hydrogens (tertiary/aromatic N) is 3. The zero-order valence-corrected chi connectivity index (χ0v) is 18.7. The van der Waals surface area contributed by atoms with E-state index >= 15 is 0 Å². The highest BCUT2D eigenvalue weighted by Crippen LogP contribution is 2.34. The maximum absolute atomic E-state index is 14.9. The molecule has 1 saturated heterocycles. The first kappa shape index (κ1) is 22.0. The molecule has 1 saturated carbocycles. The highest BCUT2D eigenvalue weighted by molar-refractivity contribution is 7.91. The van der Waals surface area contributed by atoms with Crippen LogP contribution in [0.25, 0.3) is 0 Å². The molecule has 176 valence electrons. The van der Waals surface area contributed by atoms with Crippen LogP contribution in [0.15, 0.2) is 29.3 Å². The molecule has 2 aliphatic heterocycles. The number of primary amides is 1. The van der Waals surface area contributed by atoms with E-state index in [4.69, 9.17) is 5.73 Å². The van der Waals surface area contributed by atoms with Crippen molar-refractivity contribution in [3.8, 4) is 0 Å². The minimum atomic E-state index is -3.30. The lowest BCUT2D eigenvalue weighted by molar-refractivity contribution is -0.116. The number of carbonyl (C=O) groups excluding carboxylic acids is 1. The van der Waals surface area contributed by atoms with Gasteiger partial charge in [-0.1, -0.05) is 6.07 Å². The number of hydrogen-bond acceptors (Lipinski definition) is 9. The first-order valence-corrected chi connectivity index (χ1v) is 12.7. The summed E-state index contributed by atoms with van der Waals surface area (Å²) in [6.07, 6.45) is 4.25. The molecular weight excluding hydrogens is 449 g/mol. The molecule has 33 heavy (non-hydrogen) atoms. The molecule has 3 unspecified atom stereocenters. The predicted octanol–water partition coefficient (Wildman–Crippen LogP) is 0.626. The Bertz CT molecular complexity index is 1190. The second-order valence-corrected chi connectivity index (χ2v) is 10.8. The van der Waals surface area contributed by atoms with Crippen molar-refractivity contribution >= 4 is 33.2 Å². The van der Waals surface area contributed by atoms with E-state index in [9.17, 15) is 17.6 Å². The van der Waals surface area contributed by atoms with Gasteiger partial charge in [-0.2, -0.15) is 4.98 Å². The molecule has 10 nitrogen and oxygen atoms in total. The fourth-order valence-electron chi connectivity index (χ4n) is 5.14. The van der Waals surface area contributed by atoms with Gasteiger partial charge in [0.05, 0.1) is 23.4 Å². The van der Waals surface area contributed by atoms with Gasteiger partial charge in [-0.3, -0.25) is 15.6 Å². The average Bonchev–Trinajstić information content (AvgIpc) is 3.38.